The molecule has 0 aliphatic heterocycles. The molecule has 2 aromatic carbocycles. The fourth-order valence-corrected chi connectivity index (χ4v) is 3.32. The average Bonchev–Trinajstić information content (AvgIpc) is 3.36. The summed E-state index contributed by atoms with van der Waals surface area (Å²) >= 11 is 0. The Kier molecular flexibility index (Phi) is 6.36. The number of benzene rings is 2. The number of nitrogens with one attached hydrogen (secondary N) is 1. The van der Waals surface area contributed by atoms with Crippen LogP contribution >= 0.6 is 0 Å². The summed E-state index contributed by atoms with van der Waals surface area (Å²) in [4.78, 5) is 32.2. The van der Waals surface area contributed by atoms with Crippen LogP contribution in [-0.2, 0) is 11.3 Å². The summed E-state index contributed by atoms with van der Waals surface area (Å²) in [5.74, 6) is -1.34. The molecule has 6 nitrogen and oxygen atoms in total. The summed E-state index contributed by atoms with van der Waals surface area (Å²) in [5.41, 5.74) is 1.22. The standard InChI is InChI=1S/C25H20FN3O3/c26-19-10-6-11-20(16-19)29(25(31)21-12-4-5-14-27-21)23(22-13-7-15-32-22)24(30)28-17-18-8-2-1-3-9-18/h1-16,23H,17H2,(H,28,30)/t23-/m1/s1. The maximum atomic E-state index is 14.1. The van der Waals surface area contributed by atoms with Crippen molar-refractivity contribution >= 4 is 17.5 Å². The highest BCUT2D eigenvalue weighted by molar-refractivity contribution is 6.08. The number of nitrogens with zero attached hydrogens (tertiary/aromatic N) is 2. The molecule has 4 aromatic rings. The van der Waals surface area contributed by atoms with E-state index in [-0.39, 0.29) is 23.7 Å². The van der Waals surface area contributed by atoms with E-state index in [9.17, 15) is 14.0 Å². The second-order valence-corrected chi connectivity index (χ2v) is 6.99. The van der Waals surface area contributed by atoms with Crippen molar-refractivity contribution in [3.05, 3.63) is 120 Å². The number of pyridine rings is 1. The molecule has 4 rings (SSSR count). The van der Waals surface area contributed by atoms with Gasteiger partial charge in [-0.05, 0) is 48.0 Å². The van der Waals surface area contributed by atoms with E-state index < -0.39 is 23.7 Å². The summed E-state index contributed by atoms with van der Waals surface area (Å²) in [6.07, 6.45) is 2.90. The van der Waals surface area contributed by atoms with Crippen molar-refractivity contribution in [3.63, 3.8) is 0 Å². The number of aromatic nitrogens is 1. The van der Waals surface area contributed by atoms with Crippen LogP contribution in [0.1, 0.15) is 27.9 Å². The van der Waals surface area contributed by atoms with Crippen LogP contribution in [0.5, 0.6) is 0 Å². The van der Waals surface area contributed by atoms with Gasteiger partial charge in [-0.25, -0.2) is 4.39 Å². The highest BCUT2D eigenvalue weighted by Gasteiger charge is 2.36. The second-order valence-electron chi connectivity index (χ2n) is 6.99. The van der Waals surface area contributed by atoms with E-state index in [1.807, 2.05) is 30.3 Å². The van der Waals surface area contributed by atoms with Crippen LogP contribution in [0.25, 0.3) is 0 Å². The first kappa shape index (κ1) is 21.0. The molecule has 32 heavy (non-hydrogen) atoms. The van der Waals surface area contributed by atoms with Crippen LogP contribution in [0.15, 0.2) is 102 Å². The minimum atomic E-state index is -1.18. The van der Waals surface area contributed by atoms with Crippen molar-refractivity contribution in [2.75, 3.05) is 4.90 Å². The fraction of sp³-hybridized carbons (Fsp3) is 0.0800. The molecule has 160 valence electrons. The van der Waals surface area contributed by atoms with Crippen molar-refractivity contribution in [1.29, 1.82) is 0 Å². The van der Waals surface area contributed by atoms with Crippen LogP contribution in [0, 0.1) is 5.82 Å². The Hall–Kier alpha value is -4.26. The van der Waals surface area contributed by atoms with Crippen molar-refractivity contribution in [3.8, 4) is 0 Å². The molecule has 0 fully saturated rings. The van der Waals surface area contributed by atoms with Crippen LogP contribution in [0.2, 0.25) is 0 Å². The van der Waals surface area contributed by atoms with Crippen LogP contribution < -0.4 is 10.2 Å². The Balaban J connectivity index is 1.74. The smallest absolute Gasteiger partial charge is 0.277 e. The topological polar surface area (TPSA) is 75.4 Å². The highest BCUT2D eigenvalue weighted by atomic mass is 19.1. The van der Waals surface area contributed by atoms with Gasteiger partial charge >= 0.3 is 0 Å². The summed E-state index contributed by atoms with van der Waals surface area (Å²) < 4.78 is 19.6. The van der Waals surface area contributed by atoms with Crippen molar-refractivity contribution in [2.45, 2.75) is 12.6 Å². The number of anilines is 1. The van der Waals surface area contributed by atoms with E-state index >= 15 is 0 Å². The first-order chi connectivity index (χ1) is 15.6. The summed E-state index contributed by atoms with van der Waals surface area (Å²) in [7, 11) is 0. The van der Waals surface area contributed by atoms with E-state index in [0.29, 0.717) is 0 Å². The largest absolute Gasteiger partial charge is 0.467 e. The van der Waals surface area contributed by atoms with E-state index in [1.165, 1.54) is 41.6 Å². The number of carbonyl (C=O) groups is 2. The van der Waals surface area contributed by atoms with Crippen LogP contribution in [-0.4, -0.2) is 16.8 Å². The normalized spacial score (nSPS) is 11.5. The molecule has 0 spiro atoms. The summed E-state index contributed by atoms with van der Waals surface area (Å²) in [5, 5.41) is 2.85. The van der Waals surface area contributed by atoms with Gasteiger partial charge in [0, 0.05) is 18.4 Å². The summed E-state index contributed by atoms with van der Waals surface area (Å²) in [6, 6.07) is 21.8. The molecule has 0 saturated heterocycles. The van der Waals surface area contributed by atoms with E-state index in [4.69, 9.17) is 4.42 Å². The zero-order valence-electron chi connectivity index (χ0n) is 17.0. The lowest BCUT2D eigenvalue weighted by Crippen LogP contribution is -2.44. The van der Waals surface area contributed by atoms with Gasteiger partial charge in [0.1, 0.15) is 17.3 Å². The van der Waals surface area contributed by atoms with Gasteiger partial charge in [-0.3, -0.25) is 19.5 Å². The third-order valence-corrected chi connectivity index (χ3v) is 4.82. The third kappa shape index (κ3) is 4.73. The van der Waals surface area contributed by atoms with Gasteiger partial charge in [0.2, 0.25) is 0 Å². The molecule has 2 aromatic heterocycles. The van der Waals surface area contributed by atoms with Gasteiger partial charge < -0.3 is 9.73 Å². The number of rotatable bonds is 7. The molecule has 0 saturated carbocycles. The zero-order valence-corrected chi connectivity index (χ0v) is 17.0. The molecule has 0 aliphatic rings. The molecule has 2 heterocycles. The van der Waals surface area contributed by atoms with E-state index in [2.05, 4.69) is 10.3 Å². The first-order valence-electron chi connectivity index (χ1n) is 9.98. The highest BCUT2D eigenvalue weighted by Crippen LogP contribution is 2.30. The van der Waals surface area contributed by atoms with E-state index in [0.717, 1.165) is 5.56 Å². The first-order valence-corrected chi connectivity index (χ1v) is 9.98. The lowest BCUT2D eigenvalue weighted by molar-refractivity contribution is -0.123. The number of carbonyl (C=O) groups excluding carboxylic acids is 2. The molecular formula is C25H20FN3O3. The van der Waals surface area contributed by atoms with Gasteiger partial charge in [-0.2, -0.15) is 0 Å². The molecule has 0 aliphatic carbocycles. The zero-order chi connectivity index (χ0) is 22.3. The third-order valence-electron chi connectivity index (χ3n) is 4.82. The van der Waals surface area contributed by atoms with Crippen LogP contribution in [0.4, 0.5) is 10.1 Å². The molecule has 7 heteroatoms. The minimum Gasteiger partial charge on any atom is -0.467 e. The monoisotopic (exact) mass is 429 g/mol. The number of hydrogen-bond acceptors (Lipinski definition) is 4. The SMILES string of the molecule is O=C(NCc1ccccc1)[C@@H](c1ccco1)N(C(=O)c1ccccn1)c1cccc(F)c1. The van der Waals surface area contributed by atoms with Crippen LogP contribution in [0.3, 0.4) is 0 Å². The number of halogens is 1. The molecule has 0 unspecified atom stereocenters. The lowest BCUT2D eigenvalue weighted by atomic mass is 10.1. The van der Waals surface area contributed by atoms with Gasteiger partial charge in [0.15, 0.2) is 6.04 Å². The molecule has 0 bridgehead atoms. The molecule has 2 amide bonds. The Labute approximate surface area is 184 Å². The maximum Gasteiger partial charge on any atom is 0.277 e. The molecule has 0 radical (unpaired) electrons. The van der Waals surface area contributed by atoms with E-state index in [1.54, 1.807) is 30.3 Å². The Morgan fingerprint density at radius 2 is 1.78 bits per heavy atom. The predicted molar refractivity (Wildman–Crippen MR) is 117 cm³/mol. The van der Waals surface area contributed by atoms with Gasteiger partial charge in [-0.15, -0.1) is 0 Å². The Bertz CT molecular complexity index is 1180. The van der Waals surface area contributed by atoms with Crippen molar-refractivity contribution < 1.29 is 18.4 Å². The predicted octanol–water partition coefficient (Wildman–Crippen LogP) is 4.52. The second kappa shape index (κ2) is 9.70. The quantitative estimate of drug-likeness (QED) is 0.469. The fourth-order valence-electron chi connectivity index (χ4n) is 3.32. The number of hydrogen-bond donors (Lipinski definition) is 1. The van der Waals surface area contributed by atoms with Gasteiger partial charge in [0.25, 0.3) is 11.8 Å². The molecular weight excluding hydrogens is 409 g/mol. The van der Waals surface area contributed by atoms with Gasteiger partial charge in [-0.1, -0.05) is 42.5 Å². The van der Waals surface area contributed by atoms with Gasteiger partial charge in [0.05, 0.1) is 6.26 Å². The summed E-state index contributed by atoms with van der Waals surface area (Å²) in [6.45, 7) is 0.256. The maximum absolute atomic E-state index is 14.1. The molecule has 1 N–H and O–H groups in total. The Morgan fingerprint density at radius 3 is 2.47 bits per heavy atom. The number of amides is 2. The number of furan rings is 1. The lowest BCUT2D eigenvalue weighted by Gasteiger charge is -2.29. The van der Waals surface area contributed by atoms with Crippen molar-refractivity contribution in [2.24, 2.45) is 0 Å². The Morgan fingerprint density at radius 1 is 0.969 bits per heavy atom. The molecule has 1 atom stereocenters. The van der Waals surface area contributed by atoms with Crippen molar-refractivity contribution in [1.82, 2.24) is 10.3 Å². The average molecular weight is 429 g/mol. The minimum absolute atomic E-state index is 0.115.